The lowest BCUT2D eigenvalue weighted by atomic mass is 9.88. The first-order valence-corrected chi connectivity index (χ1v) is 6.05. The molecule has 1 N–H and O–H groups in total. The van der Waals surface area contributed by atoms with Crippen LogP contribution in [0.15, 0.2) is 18.2 Å². The van der Waals surface area contributed by atoms with Gasteiger partial charge in [-0.2, -0.15) is 0 Å². The van der Waals surface area contributed by atoms with Crippen LogP contribution in [0.5, 0.6) is 0 Å². The molecule has 0 aliphatic heterocycles. The maximum absolute atomic E-state index is 13.1. The third-order valence-electron chi connectivity index (χ3n) is 2.90. The highest BCUT2D eigenvalue weighted by atomic mass is 35.5. The summed E-state index contributed by atoms with van der Waals surface area (Å²) in [4.78, 5) is 0. The fourth-order valence-corrected chi connectivity index (χ4v) is 2.07. The van der Waals surface area contributed by atoms with Gasteiger partial charge in [0, 0.05) is 11.4 Å². The molecule has 1 nitrogen and oxygen atoms in total. The normalized spacial score (nSPS) is 14.8. The molecule has 1 aromatic rings. The van der Waals surface area contributed by atoms with Crippen LogP contribution in [0.4, 0.5) is 4.39 Å². The van der Waals surface area contributed by atoms with Crippen molar-refractivity contribution in [2.75, 3.05) is 0 Å². The van der Waals surface area contributed by atoms with Crippen molar-refractivity contribution in [3.63, 3.8) is 0 Å². The molecule has 0 saturated carbocycles. The molecule has 0 aromatic heterocycles. The molecule has 0 fully saturated rings. The summed E-state index contributed by atoms with van der Waals surface area (Å²) in [5.41, 5.74) is -0.0916. The molecular formula is C13H18ClFO. The van der Waals surface area contributed by atoms with Crippen LogP contribution in [-0.2, 0) is 6.42 Å². The minimum absolute atomic E-state index is 0.311. The van der Waals surface area contributed by atoms with Crippen LogP contribution in [0.3, 0.4) is 0 Å². The van der Waals surface area contributed by atoms with Crippen molar-refractivity contribution in [3.8, 4) is 0 Å². The zero-order valence-electron chi connectivity index (χ0n) is 9.76. The smallest absolute Gasteiger partial charge is 0.123 e. The third kappa shape index (κ3) is 3.46. The van der Waals surface area contributed by atoms with Gasteiger partial charge in [0.2, 0.25) is 0 Å². The lowest BCUT2D eigenvalue weighted by Gasteiger charge is -2.26. The number of halogens is 2. The highest BCUT2D eigenvalue weighted by Gasteiger charge is 2.25. The van der Waals surface area contributed by atoms with E-state index in [1.165, 1.54) is 18.2 Å². The van der Waals surface area contributed by atoms with Gasteiger partial charge in [-0.15, -0.1) is 0 Å². The zero-order chi connectivity index (χ0) is 12.2. The molecule has 0 bridgehead atoms. The van der Waals surface area contributed by atoms with Crippen LogP contribution in [0.2, 0.25) is 5.02 Å². The van der Waals surface area contributed by atoms with E-state index in [9.17, 15) is 9.50 Å². The number of rotatable bonds is 5. The molecule has 0 aliphatic rings. The first-order chi connectivity index (χ1) is 7.50. The summed E-state index contributed by atoms with van der Waals surface area (Å²) in [7, 11) is 0. The van der Waals surface area contributed by atoms with Gasteiger partial charge in [-0.25, -0.2) is 4.39 Å². The van der Waals surface area contributed by atoms with Gasteiger partial charge in [-0.3, -0.25) is 0 Å². The zero-order valence-corrected chi connectivity index (χ0v) is 10.5. The van der Waals surface area contributed by atoms with Crippen molar-refractivity contribution in [2.24, 2.45) is 0 Å². The van der Waals surface area contributed by atoms with Crippen molar-refractivity contribution in [1.29, 1.82) is 0 Å². The van der Waals surface area contributed by atoms with Crippen molar-refractivity contribution < 1.29 is 9.50 Å². The van der Waals surface area contributed by atoms with Crippen molar-refractivity contribution >= 4 is 11.6 Å². The second kappa shape index (κ2) is 5.65. The first-order valence-electron chi connectivity index (χ1n) is 5.67. The van der Waals surface area contributed by atoms with E-state index in [4.69, 9.17) is 11.6 Å². The van der Waals surface area contributed by atoms with E-state index in [0.717, 1.165) is 6.42 Å². The summed E-state index contributed by atoms with van der Waals surface area (Å²) in [6.45, 7) is 3.96. The van der Waals surface area contributed by atoms with E-state index in [0.29, 0.717) is 29.8 Å². The molecule has 0 aliphatic carbocycles. The molecule has 0 radical (unpaired) electrons. The van der Waals surface area contributed by atoms with Gasteiger partial charge in [0.25, 0.3) is 0 Å². The van der Waals surface area contributed by atoms with Gasteiger partial charge in [-0.05, 0) is 36.6 Å². The Morgan fingerprint density at radius 2 is 2.06 bits per heavy atom. The quantitative estimate of drug-likeness (QED) is 0.831. The Labute approximate surface area is 101 Å². The number of hydrogen-bond acceptors (Lipinski definition) is 1. The van der Waals surface area contributed by atoms with Gasteiger partial charge in [0.1, 0.15) is 5.82 Å². The average Bonchev–Trinajstić information content (AvgIpc) is 2.24. The standard InChI is InChI=1S/C13H18ClFO/c1-3-7-13(16,4-2)9-10-8-11(15)5-6-12(10)14/h5-6,8,16H,3-4,7,9H2,1-2H3. The van der Waals surface area contributed by atoms with E-state index < -0.39 is 5.60 Å². The van der Waals surface area contributed by atoms with Gasteiger partial charge in [0.15, 0.2) is 0 Å². The highest BCUT2D eigenvalue weighted by molar-refractivity contribution is 6.31. The van der Waals surface area contributed by atoms with Gasteiger partial charge >= 0.3 is 0 Å². The van der Waals surface area contributed by atoms with Gasteiger partial charge in [0.05, 0.1) is 5.60 Å². The SMILES string of the molecule is CCCC(O)(CC)Cc1cc(F)ccc1Cl. The molecular weight excluding hydrogens is 227 g/mol. The summed E-state index contributed by atoms with van der Waals surface area (Å²) in [5, 5.41) is 10.8. The maximum Gasteiger partial charge on any atom is 0.123 e. The van der Waals surface area contributed by atoms with E-state index in [-0.39, 0.29) is 5.82 Å². The predicted molar refractivity (Wildman–Crippen MR) is 65.3 cm³/mol. The average molecular weight is 245 g/mol. The van der Waals surface area contributed by atoms with Gasteiger partial charge in [-0.1, -0.05) is 31.9 Å². The Kier molecular flexibility index (Phi) is 4.75. The molecule has 16 heavy (non-hydrogen) atoms. The van der Waals surface area contributed by atoms with Crippen LogP contribution >= 0.6 is 11.6 Å². The van der Waals surface area contributed by atoms with Crippen molar-refractivity contribution in [2.45, 2.75) is 45.1 Å². The lowest BCUT2D eigenvalue weighted by Crippen LogP contribution is -2.30. The largest absolute Gasteiger partial charge is 0.390 e. The van der Waals surface area contributed by atoms with Crippen LogP contribution in [0.1, 0.15) is 38.7 Å². The van der Waals surface area contributed by atoms with Crippen LogP contribution in [-0.4, -0.2) is 10.7 Å². The summed E-state index contributed by atoms with van der Waals surface area (Å²) < 4.78 is 13.1. The van der Waals surface area contributed by atoms with Gasteiger partial charge < -0.3 is 5.11 Å². The molecule has 90 valence electrons. The Bertz CT molecular complexity index is 354. The van der Waals surface area contributed by atoms with Crippen LogP contribution < -0.4 is 0 Å². The van der Waals surface area contributed by atoms with Crippen LogP contribution in [0.25, 0.3) is 0 Å². The predicted octanol–water partition coefficient (Wildman–Crippen LogP) is 3.96. The molecule has 0 spiro atoms. The highest BCUT2D eigenvalue weighted by Crippen LogP contribution is 2.27. The monoisotopic (exact) mass is 244 g/mol. The molecule has 1 aromatic carbocycles. The summed E-state index contributed by atoms with van der Waals surface area (Å²) in [5.74, 6) is -0.311. The molecule has 1 rings (SSSR count). The summed E-state index contributed by atoms with van der Waals surface area (Å²) >= 11 is 5.98. The molecule has 0 heterocycles. The second-order valence-electron chi connectivity index (χ2n) is 4.24. The van der Waals surface area contributed by atoms with Crippen molar-refractivity contribution in [3.05, 3.63) is 34.6 Å². The lowest BCUT2D eigenvalue weighted by molar-refractivity contribution is 0.0270. The minimum atomic E-state index is -0.772. The Morgan fingerprint density at radius 1 is 1.38 bits per heavy atom. The summed E-state index contributed by atoms with van der Waals surface area (Å²) in [6.07, 6.45) is 2.66. The topological polar surface area (TPSA) is 20.2 Å². The number of hydrogen-bond donors (Lipinski definition) is 1. The second-order valence-corrected chi connectivity index (χ2v) is 4.65. The number of benzene rings is 1. The molecule has 0 saturated heterocycles. The van der Waals surface area contributed by atoms with Crippen molar-refractivity contribution in [1.82, 2.24) is 0 Å². The Hall–Kier alpha value is -0.600. The summed E-state index contributed by atoms with van der Waals surface area (Å²) in [6, 6.07) is 4.27. The van der Waals surface area contributed by atoms with E-state index in [2.05, 4.69) is 0 Å². The molecule has 1 unspecified atom stereocenters. The maximum atomic E-state index is 13.1. The Balaban J connectivity index is 2.89. The fraction of sp³-hybridized carbons (Fsp3) is 0.538. The van der Waals surface area contributed by atoms with Crippen LogP contribution in [0, 0.1) is 5.82 Å². The third-order valence-corrected chi connectivity index (χ3v) is 3.27. The Morgan fingerprint density at radius 3 is 2.62 bits per heavy atom. The minimum Gasteiger partial charge on any atom is -0.390 e. The van der Waals surface area contributed by atoms with E-state index >= 15 is 0 Å². The van der Waals surface area contributed by atoms with E-state index in [1.807, 2.05) is 13.8 Å². The molecule has 1 atom stereocenters. The first kappa shape index (κ1) is 13.5. The molecule has 0 amide bonds. The fourth-order valence-electron chi connectivity index (χ4n) is 1.89. The van der Waals surface area contributed by atoms with E-state index in [1.54, 1.807) is 0 Å². The molecule has 3 heteroatoms. The number of aliphatic hydroxyl groups is 1.